The zero-order chi connectivity index (χ0) is 11.1. The van der Waals surface area contributed by atoms with Crippen LogP contribution in [0.25, 0.3) is 0 Å². The Balaban J connectivity index is 2.20. The van der Waals surface area contributed by atoms with Crippen LogP contribution in [0.1, 0.15) is 26.7 Å². The second-order valence-electron chi connectivity index (χ2n) is 3.94. The van der Waals surface area contributed by atoms with Gasteiger partial charge in [0.2, 0.25) is 5.91 Å². The van der Waals surface area contributed by atoms with E-state index in [-0.39, 0.29) is 5.91 Å². The van der Waals surface area contributed by atoms with Gasteiger partial charge >= 0.3 is 0 Å². The second-order valence-corrected chi connectivity index (χ2v) is 3.94. The third kappa shape index (κ3) is 4.18. The molecule has 1 atom stereocenters. The summed E-state index contributed by atoms with van der Waals surface area (Å²) in [5.74, 6) is 0.267. The van der Waals surface area contributed by atoms with Gasteiger partial charge in [-0.05, 0) is 20.3 Å². The summed E-state index contributed by atoms with van der Waals surface area (Å²) in [6.07, 6.45) is 1.45. The number of ether oxygens (including phenoxy) is 1. The first-order valence-corrected chi connectivity index (χ1v) is 5.83. The van der Waals surface area contributed by atoms with Gasteiger partial charge in [-0.2, -0.15) is 0 Å². The number of nitrogens with zero attached hydrogens (tertiary/aromatic N) is 1. The van der Waals surface area contributed by atoms with E-state index in [2.05, 4.69) is 12.2 Å². The number of hydrogen-bond acceptors (Lipinski definition) is 3. The largest absolute Gasteiger partial charge is 0.382 e. The fourth-order valence-corrected chi connectivity index (χ4v) is 1.82. The number of piperazine rings is 1. The maximum absolute atomic E-state index is 11.8. The Kier molecular flexibility index (Phi) is 5.65. The van der Waals surface area contributed by atoms with Crippen LogP contribution >= 0.6 is 0 Å². The standard InChI is InChI=1S/C11H22N2O2/c1-3-15-8-4-5-11(14)13-7-6-12-9-10(13)2/h10,12H,3-9H2,1-2H3/t10-/m0/s1. The average Bonchev–Trinajstić information content (AvgIpc) is 2.25. The van der Waals surface area contributed by atoms with Crippen molar-refractivity contribution in [3.05, 3.63) is 0 Å². The van der Waals surface area contributed by atoms with Crippen molar-refractivity contribution < 1.29 is 9.53 Å². The molecular formula is C11H22N2O2. The van der Waals surface area contributed by atoms with Gasteiger partial charge in [-0.15, -0.1) is 0 Å². The lowest BCUT2D eigenvalue weighted by molar-refractivity contribution is -0.134. The van der Waals surface area contributed by atoms with Crippen LogP contribution in [0.5, 0.6) is 0 Å². The van der Waals surface area contributed by atoms with Crippen LogP contribution in [0.15, 0.2) is 0 Å². The molecule has 1 aliphatic heterocycles. The normalized spacial score (nSPS) is 21.7. The van der Waals surface area contributed by atoms with Crippen molar-refractivity contribution >= 4 is 5.91 Å². The molecule has 0 aromatic heterocycles. The maximum Gasteiger partial charge on any atom is 0.222 e. The molecule has 1 heterocycles. The lowest BCUT2D eigenvalue weighted by atomic mass is 10.2. The molecule has 1 N–H and O–H groups in total. The zero-order valence-corrected chi connectivity index (χ0v) is 9.79. The molecule has 0 aliphatic carbocycles. The number of hydrogen-bond donors (Lipinski definition) is 1. The molecule has 0 aromatic rings. The second kappa shape index (κ2) is 6.80. The molecule has 4 nitrogen and oxygen atoms in total. The van der Waals surface area contributed by atoms with E-state index in [0.717, 1.165) is 32.7 Å². The number of carbonyl (C=O) groups is 1. The monoisotopic (exact) mass is 214 g/mol. The lowest BCUT2D eigenvalue weighted by Gasteiger charge is -2.34. The highest BCUT2D eigenvalue weighted by Crippen LogP contribution is 2.06. The Hall–Kier alpha value is -0.610. The van der Waals surface area contributed by atoms with Gasteiger partial charge in [-0.25, -0.2) is 0 Å². The summed E-state index contributed by atoms with van der Waals surface area (Å²) in [6.45, 7) is 8.17. The molecule has 1 saturated heterocycles. The van der Waals surface area contributed by atoms with Crippen molar-refractivity contribution in [1.29, 1.82) is 0 Å². The topological polar surface area (TPSA) is 41.6 Å². The smallest absolute Gasteiger partial charge is 0.222 e. The zero-order valence-electron chi connectivity index (χ0n) is 9.79. The summed E-state index contributed by atoms with van der Waals surface area (Å²) in [6, 6.07) is 0.332. The van der Waals surface area contributed by atoms with Crippen LogP contribution in [0.3, 0.4) is 0 Å². The Labute approximate surface area is 92.0 Å². The average molecular weight is 214 g/mol. The van der Waals surface area contributed by atoms with Gasteiger partial charge in [0.25, 0.3) is 0 Å². The van der Waals surface area contributed by atoms with Crippen molar-refractivity contribution in [3.8, 4) is 0 Å². The molecule has 1 amide bonds. The van der Waals surface area contributed by atoms with Crippen LogP contribution in [0, 0.1) is 0 Å². The lowest BCUT2D eigenvalue weighted by Crippen LogP contribution is -2.52. The van der Waals surface area contributed by atoms with E-state index >= 15 is 0 Å². The van der Waals surface area contributed by atoms with Crippen molar-refractivity contribution in [3.63, 3.8) is 0 Å². The van der Waals surface area contributed by atoms with Crippen LogP contribution in [-0.2, 0) is 9.53 Å². The summed E-state index contributed by atoms with van der Waals surface area (Å²) in [7, 11) is 0. The molecule has 1 fully saturated rings. The maximum atomic E-state index is 11.8. The van der Waals surface area contributed by atoms with Gasteiger partial charge in [0.1, 0.15) is 0 Å². The predicted octanol–water partition coefficient (Wildman–Crippen LogP) is 0.623. The molecule has 0 saturated carbocycles. The molecule has 0 aromatic carbocycles. The first-order valence-electron chi connectivity index (χ1n) is 5.83. The highest BCUT2D eigenvalue weighted by atomic mass is 16.5. The summed E-state index contributed by atoms with van der Waals surface area (Å²) in [5, 5.41) is 3.28. The summed E-state index contributed by atoms with van der Waals surface area (Å²) in [5.41, 5.74) is 0. The molecule has 88 valence electrons. The van der Waals surface area contributed by atoms with E-state index < -0.39 is 0 Å². The minimum atomic E-state index is 0.267. The first-order chi connectivity index (χ1) is 7.25. The molecule has 0 spiro atoms. The molecular weight excluding hydrogens is 192 g/mol. The van der Waals surface area contributed by atoms with E-state index in [4.69, 9.17) is 4.74 Å². The van der Waals surface area contributed by atoms with Gasteiger partial charge in [0, 0.05) is 45.3 Å². The van der Waals surface area contributed by atoms with Gasteiger partial charge < -0.3 is 15.0 Å². The summed E-state index contributed by atoms with van der Waals surface area (Å²) in [4.78, 5) is 13.8. The number of carbonyl (C=O) groups excluding carboxylic acids is 1. The molecule has 0 bridgehead atoms. The van der Waals surface area contributed by atoms with E-state index in [9.17, 15) is 4.79 Å². The van der Waals surface area contributed by atoms with Crippen molar-refractivity contribution in [2.45, 2.75) is 32.7 Å². The van der Waals surface area contributed by atoms with Gasteiger partial charge in [-0.1, -0.05) is 0 Å². The highest BCUT2D eigenvalue weighted by Gasteiger charge is 2.21. The van der Waals surface area contributed by atoms with E-state index in [1.165, 1.54) is 0 Å². The molecule has 15 heavy (non-hydrogen) atoms. The minimum absolute atomic E-state index is 0.267. The van der Waals surface area contributed by atoms with E-state index in [0.29, 0.717) is 19.1 Å². The van der Waals surface area contributed by atoms with Gasteiger partial charge in [0.05, 0.1) is 0 Å². The SMILES string of the molecule is CCOCCCC(=O)N1CCNC[C@@H]1C. The third-order valence-electron chi connectivity index (χ3n) is 2.71. The predicted molar refractivity (Wildman–Crippen MR) is 59.8 cm³/mol. The summed E-state index contributed by atoms with van der Waals surface area (Å²) < 4.78 is 5.21. The van der Waals surface area contributed by atoms with Crippen LogP contribution in [-0.4, -0.2) is 49.7 Å². The highest BCUT2D eigenvalue weighted by molar-refractivity contribution is 5.76. The molecule has 4 heteroatoms. The minimum Gasteiger partial charge on any atom is -0.382 e. The van der Waals surface area contributed by atoms with Crippen molar-refractivity contribution in [1.82, 2.24) is 10.2 Å². The first kappa shape index (κ1) is 12.5. The van der Waals surface area contributed by atoms with Crippen molar-refractivity contribution in [2.75, 3.05) is 32.8 Å². The molecule has 1 aliphatic rings. The Morgan fingerprint density at radius 2 is 2.40 bits per heavy atom. The Morgan fingerprint density at radius 3 is 3.07 bits per heavy atom. The molecule has 0 radical (unpaired) electrons. The van der Waals surface area contributed by atoms with Crippen LogP contribution in [0.2, 0.25) is 0 Å². The number of nitrogens with one attached hydrogen (secondary N) is 1. The summed E-state index contributed by atoms with van der Waals surface area (Å²) >= 11 is 0. The van der Waals surface area contributed by atoms with E-state index in [1.807, 2.05) is 11.8 Å². The molecule has 0 unspecified atom stereocenters. The number of rotatable bonds is 5. The Bertz CT molecular complexity index is 197. The van der Waals surface area contributed by atoms with E-state index in [1.54, 1.807) is 0 Å². The van der Waals surface area contributed by atoms with Crippen LogP contribution in [0.4, 0.5) is 0 Å². The quantitative estimate of drug-likeness (QED) is 0.682. The fraction of sp³-hybridized carbons (Fsp3) is 0.909. The third-order valence-corrected chi connectivity index (χ3v) is 2.71. The molecule has 1 rings (SSSR count). The van der Waals surface area contributed by atoms with Gasteiger partial charge in [-0.3, -0.25) is 4.79 Å². The van der Waals surface area contributed by atoms with Crippen LogP contribution < -0.4 is 5.32 Å². The van der Waals surface area contributed by atoms with Gasteiger partial charge in [0.15, 0.2) is 0 Å². The fourth-order valence-electron chi connectivity index (χ4n) is 1.82. The number of amides is 1. The Morgan fingerprint density at radius 1 is 1.60 bits per heavy atom. The van der Waals surface area contributed by atoms with Crippen molar-refractivity contribution in [2.24, 2.45) is 0 Å².